The largest absolute Gasteiger partial charge is 0.358 e. The fraction of sp³-hybridized carbons (Fsp3) is 0.214. The molecule has 0 radical (unpaired) electrons. The number of aryl methyl sites for hydroxylation is 1. The number of hydrogen-bond acceptors (Lipinski definition) is 5. The van der Waals surface area contributed by atoms with Crippen LogP contribution in [-0.4, -0.2) is 14.1 Å². The van der Waals surface area contributed by atoms with E-state index >= 15 is 0 Å². The Morgan fingerprint density at radius 1 is 1.19 bits per heavy atom. The van der Waals surface area contributed by atoms with Crippen LogP contribution in [0.1, 0.15) is 23.3 Å². The number of oxime groups is 1. The third kappa shape index (κ3) is 3.12. The Bertz CT molecular complexity index is 782. The second kappa shape index (κ2) is 5.79. The quantitative estimate of drug-likeness (QED) is 0.797. The minimum absolute atomic E-state index is 0.0914. The Kier molecular flexibility index (Phi) is 4.01. The first-order valence-corrected chi connectivity index (χ1v) is 9.01. The molecule has 1 aliphatic carbocycles. The maximum atomic E-state index is 12.0. The molecule has 1 heterocycles. The minimum atomic E-state index is -3.87. The van der Waals surface area contributed by atoms with Gasteiger partial charge in [0.1, 0.15) is 4.90 Å². The summed E-state index contributed by atoms with van der Waals surface area (Å²) < 4.78 is 29.6. The Morgan fingerprint density at radius 3 is 2.71 bits per heavy atom. The summed E-state index contributed by atoms with van der Waals surface area (Å²) in [6.07, 6.45) is 2.54. The highest BCUT2D eigenvalue weighted by molar-refractivity contribution is 7.86. The molecule has 0 fully saturated rings. The monoisotopic (exact) mass is 341 g/mol. The maximum Gasteiger partial charge on any atom is 0.358 e. The number of halogens is 1. The molecule has 110 valence electrons. The van der Waals surface area contributed by atoms with Crippen molar-refractivity contribution in [1.29, 1.82) is 0 Å². The number of fused-ring (bicyclic) bond motifs is 1. The van der Waals surface area contributed by atoms with Crippen molar-refractivity contribution in [3.8, 4) is 0 Å². The van der Waals surface area contributed by atoms with Gasteiger partial charge < -0.3 is 0 Å². The number of hydrogen-bond donors (Lipinski definition) is 0. The van der Waals surface area contributed by atoms with Gasteiger partial charge in [-0.05, 0) is 37.5 Å². The van der Waals surface area contributed by atoms with Gasteiger partial charge in [0.2, 0.25) is 0 Å². The van der Waals surface area contributed by atoms with E-state index in [-0.39, 0.29) is 4.90 Å². The van der Waals surface area contributed by atoms with Crippen molar-refractivity contribution < 1.29 is 12.7 Å². The third-order valence-electron chi connectivity index (χ3n) is 3.18. The first-order valence-electron chi connectivity index (χ1n) is 6.40. The number of benzene rings is 1. The topological polar surface area (TPSA) is 55.7 Å². The summed E-state index contributed by atoms with van der Waals surface area (Å²) in [6, 6.07) is 9.79. The van der Waals surface area contributed by atoms with Gasteiger partial charge >= 0.3 is 10.1 Å². The number of nitrogens with zero attached hydrogens (tertiary/aromatic N) is 1. The van der Waals surface area contributed by atoms with E-state index in [0.29, 0.717) is 16.5 Å². The van der Waals surface area contributed by atoms with E-state index in [4.69, 9.17) is 15.9 Å². The van der Waals surface area contributed by atoms with E-state index in [2.05, 4.69) is 5.16 Å². The van der Waals surface area contributed by atoms with E-state index in [9.17, 15) is 8.42 Å². The zero-order chi connectivity index (χ0) is 14.9. The van der Waals surface area contributed by atoms with E-state index in [1.54, 1.807) is 18.2 Å². The molecule has 3 rings (SSSR count). The van der Waals surface area contributed by atoms with Crippen molar-refractivity contribution in [1.82, 2.24) is 0 Å². The standard InChI is InChI=1S/C14H12ClNO3S2/c15-14-9-11-12(7-4-8-13(11)20-14)16-19-21(17,18)10-5-2-1-3-6-10/h1-3,5-6,9H,4,7-8H2/b16-12+. The van der Waals surface area contributed by atoms with Crippen LogP contribution in [-0.2, 0) is 20.8 Å². The van der Waals surface area contributed by atoms with Gasteiger partial charge in [0.05, 0.1) is 10.0 Å². The SMILES string of the molecule is O=S(=O)(O/N=C1\CCCc2sc(Cl)cc21)c1ccccc1. The third-order valence-corrected chi connectivity index (χ3v) is 5.63. The summed E-state index contributed by atoms with van der Waals surface area (Å²) in [4.78, 5) is 1.22. The van der Waals surface area contributed by atoms with Gasteiger partial charge in [-0.15, -0.1) is 11.3 Å². The van der Waals surface area contributed by atoms with Crippen molar-refractivity contribution in [2.24, 2.45) is 5.16 Å². The summed E-state index contributed by atoms with van der Waals surface area (Å²) >= 11 is 7.51. The normalized spacial score (nSPS) is 16.7. The van der Waals surface area contributed by atoms with Crippen molar-refractivity contribution in [3.05, 3.63) is 51.2 Å². The summed E-state index contributed by atoms with van der Waals surface area (Å²) in [6.45, 7) is 0. The van der Waals surface area contributed by atoms with Gasteiger partial charge in [-0.1, -0.05) is 35.0 Å². The zero-order valence-corrected chi connectivity index (χ0v) is 13.3. The zero-order valence-electron chi connectivity index (χ0n) is 11.0. The lowest BCUT2D eigenvalue weighted by Crippen LogP contribution is -2.11. The Labute approximate surface area is 132 Å². The molecule has 0 amide bonds. The van der Waals surface area contributed by atoms with Gasteiger partial charge in [-0.25, -0.2) is 0 Å². The number of thiophene rings is 1. The predicted octanol–water partition coefficient (Wildman–Crippen LogP) is 3.85. The molecule has 0 saturated heterocycles. The highest BCUT2D eigenvalue weighted by Crippen LogP contribution is 2.33. The smallest absolute Gasteiger partial charge is 0.264 e. The molecule has 0 bridgehead atoms. The maximum absolute atomic E-state index is 12.0. The molecule has 0 unspecified atom stereocenters. The lowest BCUT2D eigenvalue weighted by atomic mass is 9.97. The molecule has 0 spiro atoms. The highest BCUT2D eigenvalue weighted by Gasteiger charge is 2.21. The Morgan fingerprint density at radius 2 is 1.95 bits per heavy atom. The second-order valence-electron chi connectivity index (χ2n) is 4.62. The highest BCUT2D eigenvalue weighted by atomic mass is 35.5. The molecule has 0 saturated carbocycles. The Balaban J connectivity index is 1.87. The molecule has 1 aliphatic rings. The molecule has 7 heteroatoms. The fourth-order valence-electron chi connectivity index (χ4n) is 2.20. The van der Waals surface area contributed by atoms with Crippen LogP contribution in [0.5, 0.6) is 0 Å². The molecular formula is C14H12ClNO3S2. The average molecular weight is 342 g/mol. The van der Waals surface area contributed by atoms with E-state index in [0.717, 1.165) is 23.3 Å². The molecule has 2 aromatic rings. The van der Waals surface area contributed by atoms with Crippen LogP contribution in [0, 0.1) is 0 Å². The van der Waals surface area contributed by atoms with Gasteiger partial charge in [0.25, 0.3) is 0 Å². The summed E-state index contributed by atoms with van der Waals surface area (Å²) in [5.41, 5.74) is 1.54. The molecule has 0 N–H and O–H groups in total. The van der Waals surface area contributed by atoms with Gasteiger partial charge in [0, 0.05) is 10.4 Å². The average Bonchev–Trinajstić information content (AvgIpc) is 2.87. The molecule has 0 aliphatic heterocycles. The number of rotatable bonds is 3. The van der Waals surface area contributed by atoms with Crippen LogP contribution in [0.2, 0.25) is 4.34 Å². The van der Waals surface area contributed by atoms with E-state index in [1.165, 1.54) is 23.5 Å². The van der Waals surface area contributed by atoms with Gasteiger partial charge in [-0.2, -0.15) is 8.42 Å². The molecular weight excluding hydrogens is 330 g/mol. The first-order chi connectivity index (χ1) is 10.1. The summed E-state index contributed by atoms with van der Waals surface area (Å²) in [7, 11) is -3.87. The molecule has 0 atom stereocenters. The van der Waals surface area contributed by atoms with Crippen LogP contribution in [0.15, 0.2) is 46.4 Å². The van der Waals surface area contributed by atoms with E-state index in [1.807, 2.05) is 6.07 Å². The Hall–Kier alpha value is -1.37. The molecule has 1 aromatic heterocycles. The summed E-state index contributed by atoms with van der Waals surface area (Å²) in [5.74, 6) is 0. The predicted molar refractivity (Wildman–Crippen MR) is 83.5 cm³/mol. The van der Waals surface area contributed by atoms with Crippen molar-refractivity contribution in [3.63, 3.8) is 0 Å². The van der Waals surface area contributed by atoms with Crippen LogP contribution >= 0.6 is 22.9 Å². The fourth-order valence-corrected chi connectivity index (χ4v) is 4.29. The van der Waals surface area contributed by atoms with Gasteiger partial charge in [-0.3, -0.25) is 4.28 Å². The van der Waals surface area contributed by atoms with Crippen LogP contribution in [0.4, 0.5) is 0 Å². The first kappa shape index (κ1) is 14.6. The van der Waals surface area contributed by atoms with Crippen molar-refractivity contribution in [2.75, 3.05) is 0 Å². The van der Waals surface area contributed by atoms with Crippen LogP contribution in [0.3, 0.4) is 0 Å². The second-order valence-corrected chi connectivity index (χ2v) is 7.92. The molecule has 21 heavy (non-hydrogen) atoms. The minimum Gasteiger partial charge on any atom is -0.264 e. The van der Waals surface area contributed by atoms with Gasteiger partial charge in [0.15, 0.2) is 0 Å². The van der Waals surface area contributed by atoms with Crippen LogP contribution < -0.4 is 0 Å². The summed E-state index contributed by atoms with van der Waals surface area (Å²) in [5, 5.41) is 3.86. The lowest BCUT2D eigenvalue weighted by molar-refractivity contribution is 0.337. The molecule has 1 aromatic carbocycles. The lowest BCUT2D eigenvalue weighted by Gasteiger charge is -2.12. The van der Waals surface area contributed by atoms with Crippen molar-refractivity contribution >= 4 is 38.8 Å². The van der Waals surface area contributed by atoms with Crippen molar-refractivity contribution in [2.45, 2.75) is 24.2 Å². The molecule has 4 nitrogen and oxygen atoms in total. The van der Waals surface area contributed by atoms with Crippen LogP contribution in [0.25, 0.3) is 0 Å². The van der Waals surface area contributed by atoms with E-state index < -0.39 is 10.1 Å².